The van der Waals surface area contributed by atoms with Crippen molar-refractivity contribution in [2.24, 2.45) is 0 Å². The van der Waals surface area contributed by atoms with Crippen LogP contribution in [0.15, 0.2) is 66.0 Å². The fourth-order valence-corrected chi connectivity index (χ4v) is 3.44. The second-order valence-electron chi connectivity index (χ2n) is 6.64. The number of carbonyl (C=O) groups is 2. The Hall–Kier alpha value is -3.23. The zero-order valence-corrected chi connectivity index (χ0v) is 18.6. The van der Waals surface area contributed by atoms with Crippen molar-refractivity contribution >= 4 is 51.9 Å². The summed E-state index contributed by atoms with van der Waals surface area (Å²) in [4.78, 5) is 25.1. The fourth-order valence-electron chi connectivity index (χ4n) is 2.61. The third-order valence-corrected chi connectivity index (χ3v) is 5.33. The molecular formula is C23H23N3O3S2. The summed E-state index contributed by atoms with van der Waals surface area (Å²) in [6.07, 6.45) is 2.06. The Morgan fingerprint density at radius 3 is 2.23 bits per heavy atom. The number of rotatable bonds is 8. The lowest BCUT2D eigenvalue weighted by Gasteiger charge is -2.11. The molecule has 0 radical (unpaired) electrons. The molecule has 3 rings (SSSR count). The molecule has 2 amide bonds. The number of thiophene rings is 1. The van der Waals surface area contributed by atoms with Crippen LogP contribution >= 0.6 is 23.6 Å². The fraction of sp³-hybridized carbons (Fsp3) is 0.174. The number of anilines is 2. The Kier molecular flexibility index (Phi) is 8.14. The monoisotopic (exact) mass is 453 g/mol. The van der Waals surface area contributed by atoms with Gasteiger partial charge in [0, 0.05) is 16.9 Å². The average Bonchev–Trinajstić information content (AvgIpc) is 3.31. The molecule has 0 fully saturated rings. The van der Waals surface area contributed by atoms with Gasteiger partial charge in [0.2, 0.25) is 0 Å². The van der Waals surface area contributed by atoms with Crippen molar-refractivity contribution in [3.63, 3.8) is 0 Å². The molecule has 31 heavy (non-hydrogen) atoms. The topological polar surface area (TPSA) is 79.5 Å². The van der Waals surface area contributed by atoms with Crippen molar-refractivity contribution in [3.05, 3.63) is 76.5 Å². The maximum atomic E-state index is 12.4. The van der Waals surface area contributed by atoms with Crippen molar-refractivity contribution in [2.75, 3.05) is 17.2 Å². The van der Waals surface area contributed by atoms with E-state index < -0.39 is 0 Å². The van der Waals surface area contributed by atoms with Gasteiger partial charge in [0.15, 0.2) is 5.11 Å². The van der Waals surface area contributed by atoms with Crippen LogP contribution in [0, 0.1) is 0 Å². The van der Waals surface area contributed by atoms with Gasteiger partial charge in [-0.05, 0) is 78.6 Å². The van der Waals surface area contributed by atoms with Crippen LogP contribution in [0.2, 0.25) is 0 Å². The lowest BCUT2D eigenvalue weighted by Crippen LogP contribution is -2.34. The molecule has 3 aromatic rings. The second-order valence-corrected chi connectivity index (χ2v) is 8.00. The van der Waals surface area contributed by atoms with Crippen LogP contribution in [-0.2, 0) is 0 Å². The molecule has 0 aliphatic heterocycles. The first-order valence-corrected chi connectivity index (χ1v) is 11.1. The molecule has 0 atom stereocenters. The largest absolute Gasteiger partial charge is 0.494 e. The molecule has 0 saturated carbocycles. The molecule has 1 aromatic heterocycles. The predicted octanol–water partition coefficient (Wildman–Crippen LogP) is 5.31. The molecule has 0 saturated heterocycles. The number of nitrogens with one attached hydrogen (secondary N) is 3. The van der Waals surface area contributed by atoms with E-state index in [9.17, 15) is 9.59 Å². The molecule has 3 N–H and O–H groups in total. The normalized spacial score (nSPS) is 10.2. The van der Waals surface area contributed by atoms with Crippen LogP contribution < -0.4 is 20.7 Å². The van der Waals surface area contributed by atoms with E-state index in [-0.39, 0.29) is 16.9 Å². The molecule has 0 aliphatic carbocycles. The van der Waals surface area contributed by atoms with Gasteiger partial charge in [0.25, 0.3) is 11.8 Å². The van der Waals surface area contributed by atoms with Crippen LogP contribution in [0.25, 0.3) is 0 Å². The summed E-state index contributed by atoms with van der Waals surface area (Å²) in [6.45, 7) is 2.76. The van der Waals surface area contributed by atoms with E-state index >= 15 is 0 Å². The number of amides is 2. The van der Waals surface area contributed by atoms with Crippen molar-refractivity contribution in [1.29, 1.82) is 0 Å². The van der Waals surface area contributed by atoms with Crippen LogP contribution in [0.3, 0.4) is 0 Å². The Morgan fingerprint density at radius 2 is 1.61 bits per heavy atom. The number of thiocarbonyl (C=S) groups is 1. The Bertz CT molecular complexity index is 1020. The average molecular weight is 454 g/mol. The minimum absolute atomic E-state index is 0.153. The Morgan fingerprint density at radius 1 is 0.935 bits per heavy atom. The van der Waals surface area contributed by atoms with Gasteiger partial charge in [-0.3, -0.25) is 14.9 Å². The van der Waals surface area contributed by atoms with Gasteiger partial charge < -0.3 is 15.4 Å². The highest BCUT2D eigenvalue weighted by molar-refractivity contribution is 7.80. The minimum Gasteiger partial charge on any atom is -0.494 e. The van der Waals surface area contributed by atoms with Crippen LogP contribution in [-0.4, -0.2) is 23.5 Å². The first-order chi connectivity index (χ1) is 15.0. The first-order valence-electron chi connectivity index (χ1n) is 9.85. The molecule has 0 aliphatic rings. The molecule has 2 aromatic carbocycles. The summed E-state index contributed by atoms with van der Waals surface area (Å²) in [5, 5.41) is 10.5. The molecule has 1 heterocycles. The van der Waals surface area contributed by atoms with E-state index in [0.717, 1.165) is 18.6 Å². The standard InChI is InChI=1S/C23H23N3O3S2/c1-2-3-14-29-19-12-6-16(7-13-19)21(27)26-23(30)25-18-10-8-17(9-11-18)24-22(28)20-5-4-15-31-20/h4-13,15H,2-3,14H2,1H3,(H,24,28)(H2,25,26,27,30). The van der Waals surface area contributed by atoms with Crippen molar-refractivity contribution in [1.82, 2.24) is 5.32 Å². The molecule has 0 spiro atoms. The highest BCUT2D eigenvalue weighted by Gasteiger charge is 2.09. The van der Waals surface area contributed by atoms with E-state index in [1.807, 2.05) is 11.4 Å². The van der Waals surface area contributed by atoms with Gasteiger partial charge in [-0.15, -0.1) is 11.3 Å². The summed E-state index contributed by atoms with van der Waals surface area (Å²) < 4.78 is 5.60. The minimum atomic E-state index is -0.308. The molecule has 0 bridgehead atoms. The summed E-state index contributed by atoms with van der Waals surface area (Å²) in [7, 11) is 0. The third kappa shape index (κ3) is 6.91. The number of unbranched alkanes of at least 4 members (excludes halogenated alkanes) is 1. The van der Waals surface area contributed by atoms with Crippen molar-refractivity contribution in [3.8, 4) is 5.75 Å². The SMILES string of the molecule is CCCCOc1ccc(C(=O)NC(=S)Nc2ccc(NC(=O)c3cccs3)cc2)cc1. The quantitative estimate of drug-likeness (QED) is 0.318. The van der Waals surface area contributed by atoms with Crippen molar-refractivity contribution < 1.29 is 14.3 Å². The summed E-state index contributed by atoms with van der Waals surface area (Å²) in [5.74, 6) is 0.273. The number of ether oxygens (including phenoxy) is 1. The molecule has 160 valence electrons. The highest BCUT2D eigenvalue weighted by Crippen LogP contribution is 2.17. The summed E-state index contributed by atoms with van der Waals surface area (Å²) >= 11 is 6.61. The van der Waals surface area contributed by atoms with E-state index in [1.165, 1.54) is 11.3 Å². The van der Waals surface area contributed by atoms with E-state index in [2.05, 4.69) is 22.9 Å². The number of carbonyl (C=O) groups excluding carboxylic acids is 2. The van der Waals surface area contributed by atoms with Crippen LogP contribution in [0.1, 0.15) is 39.8 Å². The Labute approximate surface area is 190 Å². The molecule has 0 unspecified atom stereocenters. The van der Waals surface area contributed by atoms with E-state index in [0.29, 0.717) is 28.4 Å². The lowest BCUT2D eigenvalue weighted by molar-refractivity contribution is 0.0976. The van der Waals surface area contributed by atoms with Crippen molar-refractivity contribution in [2.45, 2.75) is 19.8 Å². The van der Waals surface area contributed by atoms with Crippen LogP contribution in [0.5, 0.6) is 5.75 Å². The second kappa shape index (κ2) is 11.2. The molecule has 6 nitrogen and oxygen atoms in total. The summed E-state index contributed by atoms with van der Waals surface area (Å²) in [5.41, 5.74) is 1.85. The first kappa shape index (κ1) is 22.5. The van der Waals surface area contributed by atoms with Gasteiger partial charge in [-0.1, -0.05) is 19.4 Å². The van der Waals surface area contributed by atoms with E-state index in [1.54, 1.807) is 54.6 Å². The number of benzene rings is 2. The number of hydrogen-bond acceptors (Lipinski definition) is 5. The lowest BCUT2D eigenvalue weighted by atomic mass is 10.2. The summed E-state index contributed by atoms with van der Waals surface area (Å²) in [6, 6.07) is 17.6. The molecular weight excluding hydrogens is 430 g/mol. The zero-order chi connectivity index (χ0) is 22.1. The predicted molar refractivity (Wildman–Crippen MR) is 129 cm³/mol. The maximum absolute atomic E-state index is 12.4. The smallest absolute Gasteiger partial charge is 0.265 e. The zero-order valence-electron chi connectivity index (χ0n) is 17.0. The van der Waals surface area contributed by atoms with E-state index in [4.69, 9.17) is 17.0 Å². The van der Waals surface area contributed by atoms with Gasteiger partial charge in [0.05, 0.1) is 11.5 Å². The molecule has 8 heteroatoms. The van der Waals surface area contributed by atoms with Gasteiger partial charge in [-0.2, -0.15) is 0 Å². The van der Waals surface area contributed by atoms with Gasteiger partial charge in [-0.25, -0.2) is 0 Å². The van der Waals surface area contributed by atoms with Crippen LogP contribution in [0.4, 0.5) is 11.4 Å². The third-order valence-electron chi connectivity index (χ3n) is 4.26. The van der Waals surface area contributed by atoms with Gasteiger partial charge >= 0.3 is 0 Å². The number of hydrogen-bond donors (Lipinski definition) is 3. The highest BCUT2D eigenvalue weighted by atomic mass is 32.1. The van der Waals surface area contributed by atoms with Gasteiger partial charge in [0.1, 0.15) is 5.75 Å². The Balaban J connectivity index is 1.48. The maximum Gasteiger partial charge on any atom is 0.265 e.